The first kappa shape index (κ1) is 26.4. The van der Waals surface area contributed by atoms with Crippen LogP contribution in [0, 0.1) is 6.92 Å². The molecule has 1 aliphatic carbocycles. The lowest BCUT2D eigenvalue weighted by Crippen LogP contribution is -2.34. The number of rotatable bonds is 8. The molecule has 0 amide bonds. The number of sulfonamides is 1. The molecule has 0 atom stereocenters. The molecule has 6 rings (SSSR count). The van der Waals surface area contributed by atoms with E-state index in [1.54, 1.807) is 42.7 Å². The quantitative estimate of drug-likeness (QED) is 0.328. The lowest BCUT2D eigenvalue weighted by Gasteiger charge is -2.28. The van der Waals surface area contributed by atoms with Gasteiger partial charge in [-0.1, -0.05) is 29.8 Å². The van der Waals surface area contributed by atoms with Gasteiger partial charge in [-0.3, -0.25) is 4.68 Å². The predicted octanol–water partition coefficient (Wildman–Crippen LogP) is 4.26. The molecule has 1 aliphatic heterocycles. The average Bonchev–Trinajstić information content (AvgIpc) is 3.57. The van der Waals surface area contributed by atoms with Gasteiger partial charge in [0.25, 0.3) is 5.88 Å². The maximum atomic E-state index is 13.1. The first-order valence-corrected chi connectivity index (χ1v) is 14.9. The van der Waals surface area contributed by atoms with Crippen LogP contribution in [0.15, 0.2) is 72.0 Å². The molecule has 2 aromatic carbocycles. The number of aryl methyl sites for hydroxylation is 1. The van der Waals surface area contributed by atoms with Gasteiger partial charge >= 0.3 is 0 Å². The van der Waals surface area contributed by atoms with E-state index in [2.05, 4.69) is 31.7 Å². The van der Waals surface area contributed by atoms with Gasteiger partial charge in [0.05, 0.1) is 40.8 Å². The summed E-state index contributed by atoms with van der Waals surface area (Å²) in [7, 11) is -1.54. The molecule has 40 heavy (non-hydrogen) atoms. The van der Waals surface area contributed by atoms with Crippen molar-refractivity contribution in [1.29, 1.82) is 0 Å². The number of nitrogens with two attached hydrogens (primary N) is 1. The summed E-state index contributed by atoms with van der Waals surface area (Å²) in [6, 6.07) is 14.8. The van der Waals surface area contributed by atoms with Gasteiger partial charge in [-0.15, -0.1) is 0 Å². The predicted molar refractivity (Wildman–Crippen MR) is 152 cm³/mol. The molecule has 0 unspecified atom stereocenters. The van der Waals surface area contributed by atoms with Crippen LogP contribution in [-0.4, -0.2) is 53.2 Å². The van der Waals surface area contributed by atoms with Crippen LogP contribution in [0.1, 0.15) is 42.9 Å². The van der Waals surface area contributed by atoms with Gasteiger partial charge in [0.1, 0.15) is 0 Å². The van der Waals surface area contributed by atoms with Crippen LogP contribution in [0.4, 0.5) is 5.82 Å². The van der Waals surface area contributed by atoms with E-state index in [0.717, 1.165) is 42.6 Å². The van der Waals surface area contributed by atoms with Crippen molar-refractivity contribution in [3.63, 3.8) is 0 Å². The lowest BCUT2D eigenvalue weighted by molar-refractivity contribution is 0.212. The molecule has 10 nitrogen and oxygen atoms in total. The molecular formula is C29H33N7O3S. The van der Waals surface area contributed by atoms with Gasteiger partial charge in [-0.25, -0.2) is 23.1 Å². The molecule has 3 N–H and O–H groups in total. The zero-order valence-electron chi connectivity index (χ0n) is 22.6. The normalized spacial score (nSPS) is 17.6. The highest BCUT2D eigenvalue weighted by molar-refractivity contribution is 7.89. The van der Waals surface area contributed by atoms with E-state index in [0.29, 0.717) is 30.3 Å². The highest BCUT2D eigenvalue weighted by Crippen LogP contribution is 2.47. The maximum Gasteiger partial charge on any atom is 0.263 e. The fraction of sp³-hybridized carbons (Fsp3) is 0.345. The summed E-state index contributed by atoms with van der Waals surface area (Å²) in [5.41, 5.74) is 8.74. The monoisotopic (exact) mass is 559 g/mol. The smallest absolute Gasteiger partial charge is 0.263 e. The van der Waals surface area contributed by atoms with Crippen LogP contribution in [-0.2, 0) is 15.6 Å². The van der Waals surface area contributed by atoms with Crippen LogP contribution in [0.3, 0.4) is 0 Å². The second-order valence-electron chi connectivity index (χ2n) is 10.8. The largest absolute Gasteiger partial charge is 0.433 e. The third kappa shape index (κ3) is 5.45. The Morgan fingerprint density at radius 3 is 2.55 bits per heavy atom. The fourth-order valence-corrected chi connectivity index (χ4v) is 6.71. The Bertz CT molecular complexity index is 1630. The lowest BCUT2D eigenvalue weighted by atomic mass is 9.98. The molecular weight excluding hydrogens is 526 g/mol. The van der Waals surface area contributed by atoms with Gasteiger partial charge in [0.15, 0.2) is 11.6 Å². The Labute approximate surface area is 234 Å². The Morgan fingerprint density at radius 1 is 1.07 bits per heavy atom. The third-order valence-electron chi connectivity index (χ3n) is 7.68. The van der Waals surface area contributed by atoms with Crippen molar-refractivity contribution >= 4 is 15.8 Å². The van der Waals surface area contributed by atoms with Crippen LogP contribution in [0.5, 0.6) is 11.6 Å². The van der Waals surface area contributed by atoms with E-state index in [4.69, 9.17) is 10.5 Å². The van der Waals surface area contributed by atoms with Crippen molar-refractivity contribution in [1.82, 2.24) is 29.4 Å². The Morgan fingerprint density at radius 2 is 1.82 bits per heavy atom. The topological polar surface area (TPSA) is 128 Å². The van der Waals surface area contributed by atoms with Crippen LogP contribution in [0.2, 0.25) is 0 Å². The van der Waals surface area contributed by atoms with E-state index in [-0.39, 0.29) is 16.6 Å². The minimum atomic E-state index is -3.67. The number of ether oxygens (including phenoxy) is 1. The molecule has 0 spiro atoms. The number of likely N-dealkylation sites (tertiary alicyclic amines) is 1. The molecule has 2 aromatic heterocycles. The number of aromatic nitrogens is 4. The molecule has 2 fully saturated rings. The number of benzene rings is 2. The highest BCUT2D eigenvalue weighted by Gasteiger charge is 2.47. The van der Waals surface area contributed by atoms with Crippen molar-refractivity contribution in [2.75, 3.05) is 25.9 Å². The van der Waals surface area contributed by atoms with Crippen LogP contribution >= 0.6 is 0 Å². The number of nitrogens with zero attached hydrogens (tertiary/aromatic N) is 5. The number of piperidine rings is 1. The first-order chi connectivity index (χ1) is 19.2. The summed E-state index contributed by atoms with van der Waals surface area (Å²) in [4.78, 5) is 11.6. The summed E-state index contributed by atoms with van der Waals surface area (Å²) >= 11 is 0. The van der Waals surface area contributed by atoms with Gasteiger partial charge in [-0.2, -0.15) is 5.10 Å². The minimum Gasteiger partial charge on any atom is -0.433 e. The Balaban J connectivity index is 1.24. The van der Waals surface area contributed by atoms with Crippen molar-refractivity contribution in [2.45, 2.75) is 49.1 Å². The van der Waals surface area contributed by atoms with Crippen molar-refractivity contribution in [3.05, 3.63) is 78.2 Å². The molecule has 11 heteroatoms. The SMILES string of the molecule is Cc1cc(-c2cnc(N)c(Oc3cnn(C4CCN(C)CC4)c3)n2)cc(C2(NS(=O)(=O)c3ccccc3)CC2)c1. The first-order valence-electron chi connectivity index (χ1n) is 13.5. The minimum absolute atomic E-state index is 0.179. The molecule has 1 saturated heterocycles. The third-order valence-corrected chi connectivity index (χ3v) is 9.23. The van der Waals surface area contributed by atoms with Crippen LogP contribution in [0.25, 0.3) is 11.3 Å². The number of nitrogens with one attached hydrogen (secondary N) is 1. The van der Waals surface area contributed by atoms with Gasteiger partial charge < -0.3 is 15.4 Å². The van der Waals surface area contributed by atoms with Crippen LogP contribution < -0.4 is 15.2 Å². The zero-order valence-corrected chi connectivity index (χ0v) is 23.4. The highest BCUT2D eigenvalue weighted by atomic mass is 32.2. The van der Waals surface area contributed by atoms with Crippen molar-refractivity contribution in [2.24, 2.45) is 0 Å². The molecule has 0 radical (unpaired) electrons. The van der Waals surface area contributed by atoms with E-state index in [1.165, 1.54) is 0 Å². The number of nitrogen functional groups attached to an aromatic ring is 1. The summed E-state index contributed by atoms with van der Waals surface area (Å²) < 4.78 is 37.1. The standard InChI is InChI=1S/C29H33N7O3S/c1-20-14-21(16-22(15-20)29(10-11-29)34-40(37,38)25-6-4-3-5-7-25)26-18-31-27(30)28(33-26)39-24-17-32-36(19-24)23-8-12-35(2)13-9-23/h3-7,14-19,23,34H,8-13H2,1-2H3,(H2,30,31). The molecule has 208 valence electrons. The molecule has 2 aliphatic rings. The molecule has 1 saturated carbocycles. The second-order valence-corrected chi connectivity index (χ2v) is 12.5. The Hall–Kier alpha value is -3.80. The fourth-order valence-electron chi connectivity index (χ4n) is 5.24. The summed E-state index contributed by atoms with van der Waals surface area (Å²) in [6.45, 7) is 4.05. The summed E-state index contributed by atoms with van der Waals surface area (Å²) in [5, 5.41) is 4.51. The van der Waals surface area contributed by atoms with E-state index in [1.807, 2.05) is 36.0 Å². The average molecular weight is 560 g/mol. The van der Waals surface area contributed by atoms with Crippen molar-refractivity contribution in [3.8, 4) is 22.9 Å². The van der Waals surface area contributed by atoms with Crippen molar-refractivity contribution < 1.29 is 13.2 Å². The van der Waals surface area contributed by atoms with E-state index >= 15 is 0 Å². The summed E-state index contributed by atoms with van der Waals surface area (Å²) in [6.07, 6.45) is 8.66. The number of hydrogen-bond donors (Lipinski definition) is 2. The van der Waals surface area contributed by atoms with E-state index < -0.39 is 15.6 Å². The van der Waals surface area contributed by atoms with Gasteiger partial charge in [0, 0.05) is 5.56 Å². The van der Waals surface area contributed by atoms with E-state index in [9.17, 15) is 8.42 Å². The Kier molecular flexibility index (Phi) is 6.81. The second kappa shape index (κ2) is 10.3. The molecule has 3 heterocycles. The molecule has 0 bridgehead atoms. The summed E-state index contributed by atoms with van der Waals surface area (Å²) in [5.74, 6) is 0.932. The zero-order chi connectivity index (χ0) is 27.9. The van der Waals surface area contributed by atoms with Gasteiger partial charge in [-0.05, 0) is 82.6 Å². The number of anilines is 1. The maximum absolute atomic E-state index is 13.1. The molecule has 4 aromatic rings. The number of hydrogen-bond acceptors (Lipinski definition) is 8. The van der Waals surface area contributed by atoms with Gasteiger partial charge in [0.2, 0.25) is 10.0 Å².